The Morgan fingerprint density at radius 3 is 2.82 bits per heavy atom. The van der Waals surface area contributed by atoms with Crippen molar-refractivity contribution in [1.29, 1.82) is 0 Å². The van der Waals surface area contributed by atoms with E-state index in [1.165, 1.54) is 16.2 Å². The minimum Gasteiger partial charge on any atom is -0.483 e. The van der Waals surface area contributed by atoms with E-state index in [-0.39, 0.29) is 37.8 Å². The molecule has 0 aliphatic carbocycles. The molecule has 2 N–H and O–H groups in total. The molecule has 1 atom stereocenters. The first-order valence-corrected chi connectivity index (χ1v) is 9.15. The number of amides is 2. The highest BCUT2D eigenvalue weighted by Gasteiger charge is 2.36. The van der Waals surface area contributed by atoms with Gasteiger partial charge < -0.3 is 19.6 Å². The number of aryl methyl sites for hydroxylation is 1. The lowest BCUT2D eigenvalue weighted by atomic mass is 10.1. The van der Waals surface area contributed by atoms with Gasteiger partial charge >= 0.3 is 0 Å². The maximum Gasteiger partial charge on any atom is 0.290 e. The number of carboxylic acid groups (broad SMARTS) is 1. The van der Waals surface area contributed by atoms with Crippen molar-refractivity contribution < 1.29 is 28.6 Å². The van der Waals surface area contributed by atoms with Crippen LogP contribution in [-0.4, -0.2) is 56.9 Å². The van der Waals surface area contributed by atoms with E-state index in [1.807, 2.05) is 6.92 Å². The quantitative estimate of drug-likeness (QED) is 0.598. The second kappa shape index (κ2) is 10.4. The maximum absolute atomic E-state index is 12.3. The monoisotopic (exact) mass is 412 g/mol. The molecule has 0 aromatic carbocycles. The van der Waals surface area contributed by atoms with Crippen molar-refractivity contribution in [3.05, 3.63) is 16.8 Å². The largest absolute Gasteiger partial charge is 0.483 e. The number of carbonyl (C=O) groups excluding carboxylic acids is 2. The molecular weight excluding hydrogens is 392 g/mol. The molecule has 13 heteroatoms. The fourth-order valence-corrected chi connectivity index (χ4v) is 3.19. The van der Waals surface area contributed by atoms with Gasteiger partial charge in [0.15, 0.2) is 0 Å². The van der Waals surface area contributed by atoms with Crippen molar-refractivity contribution in [3.8, 4) is 0 Å². The van der Waals surface area contributed by atoms with Crippen LogP contribution in [0.3, 0.4) is 0 Å². The SMILES string of the molecule is CCOCc1nnc(N2CC(C(=O)NCc3nnc(C)o3)CC2=O)s1.O=CO. The number of aromatic nitrogens is 4. The molecule has 3 heterocycles. The molecule has 1 unspecified atom stereocenters. The summed E-state index contributed by atoms with van der Waals surface area (Å²) in [5, 5.41) is 26.3. The predicted octanol–water partition coefficient (Wildman–Crippen LogP) is 0.136. The molecule has 0 spiro atoms. The fraction of sp³-hybridized carbons (Fsp3) is 0.533. The second-order valence-electron chi connectivity index (χ2n) is 5.56. The van der Waals surface area contributed by atoms with E-state index < -0.39 is 5.92 Å². The van der Waals surface area contributed by atoms with Crippen LogP contribution in [0.2, 0.25) is 0 Å². The molecule has 0 saturated carbocycles. The molecule has 1 saturated heterocycles. The van der Waals surface area contributed by atoms with Crippen LogP contribution in [0.25, 0.3) is 0 Å². The highest BCUT2D eigenvalue weighted by Crippen LogP contribution is 2.28. The third-order valence-corrected chi connectivity index (χ3v) is 4.51. The lowest BCUT2D eigenvalue weighted by Gasteiger charge is -2.12. The van der Waals surface area contributed by atoms with E-state index in [4.69, 9.17) is 19.1 Å². The molecule has 0 bridgehead atoms. The summed E-state index contributed by atoms with van der Waals surface area (Å²) < 4.78 is 10.5. The van der Waals surface area contributed by atoms with Gasteiger partial charge in [0, 0.05) is 26.5 Å². The number of ether oxygens (including phenoxy) is 1. The molecule has 3 rings (SSSR count). The summed E-state index contributed by atoms with van der Waals surface area (Å²) in [5.74, 6) is -0.0586. The molecule has 2 amide bonds. The maximum atomic E-state index is 12.3. The zero-order valence-corrected chi connectivity index (χ0v) is 16.1. The molecule has 12 nitrogen and oxygen atoms in total. The Kier molecular flexibility index (Phi) is 7.95. The van der Waals surface area contributed by atoms with E-state index in [9.17, 15) is 9.59 Å². The first-order chi connectivity index (χ1) is 13.5. The lowest BCUT2D eigenvalue weighted by Crippen LogP contribution is -2.32. The summed E-state index contributed by atoms with van der Waals surface area (Å²) in [5.41, 5.74) is 0. The molecule has 1 fully saturated rings. The normalized spacial score (nSPS) is 15.9. The highest BCUT2D eigenvalue weighted by molar-refractivity contribution is 7.15. The number of carbonyl (C=O) groups is 3. The van der Waals surface area contributed by atoms with E-state index in [1.54, 1.807) is 6.92 Å². The van der Waals surface area contributed by atoms with Crippen LogP contribution in [0.5, 0.6) is 0 Å². The van der Waals surface area contributed by atoms with Gasteiger partial charge in [-0.05, 0) is 6.92 Å². The van der Waals surface area contributed by atoms with E-state index in [0.717, 1.165) is 0 Å². The number of hydrogen-bond acceptors (Lipinski definition) is 10. The van der Waals surface area contributed by atoms with E-state index in [2.05, 4.69) is 25.7 Å². The smallest absolute Gasteiger partial charge is 0.290 e. The second-order valence-corrected chi connectivity index (χ2v) is 6.60. The number of nitrogens with zero attached hydrogens (tertiary/aromatic N) is 5. The van der Waals surface area contributed by atoms with Gasteiger partial charge in [0.1, 0.15) is 11.6 Å². The molecule has 1 aliphatic heterocycles. The molecule has 152 valence electrons. The summed E-state index contributed by atoms with van der Waals surface area (Å²) >= 11 is 1.29. The van der Waals surface area contributed by atoms with Crippen molar-refractivity contribution in [1.82, 2.24) is 25.7 Å². The average Bonchev–Trinajstić information content (AvgIpc) is 3.38. The van der Waals surface area contributed by atoms with Gasteiger partial charge in [-0.1, -0.05) is 11.3 Å². The van der Waals surface area contributed by atoms with Crippen LogP contribution in [0.15, 0.2) is 4.42 Å². The van der Waals surface area contributed by atoms with Crippen LogP contribution in [-0.2, 0) is 32.3 Å². The average molecular weight is 412 g/mol. The standard InChI is InChI=1S/C14H18N6O4S.CH2O2/c1-3-23-7-11-18-19-14(25-11)20-6-9(4-12(20)21)13(22)15-5-10-17-16-8(2)24-10;2-1-3/h9H,3-7H2,1-2H3,(H,15,22);1H,(H,2,3). The Bertz CT molecular complexity index is 809. The van der Waals surface area contributed by atoms with Gasteiger partial charge in [-0.3, -0.25) is 19.3 Å². The van der Waals surface area contributed by atoms with Gasteiger partial charge in [0.2, 0.25) is 28.7 Å². The molecular formula is C15H20N6O6S. The Morgan fingerprint density at radius 2 is 2.18 bits per heavy atom. The molecule has 2 aromatic heterocycles. The van der Waals surface area contributed by atoms with E-state index >= 15 is 0 Å². The van der Waals surface area contributed by atoms with Gasteiger partial charge in [0.05, 0.1) is 12.5 Å². The van der Waals surface area contributed by atoms with Crippen LogP contribution in [0.1, 0.15) is 30.1 Å². The molecule has 2 aromatic rings. The number of hydrogen-bond donors (Lipinski definition) is 2. The Morgan fingerprint density at radius 1 is 1.43 bits per heavy atom. The highest BCUT2D eigenvalue weighted by atomic mass is 32.1. The summed E-state index contributed by atoms with van der Waals surface area (Å²) in [6.07, 6.45) is 0.134. The van der Waals surface area contributed by atoms with Crippen LogP contribution < -0.4 is 10.2 Å². The Labute approximate surface area is 163 Å². The van der Waals surface area contributed by atoms with Crippen molar-refractivity contribution in [3.63, 3.8) is 0 Å². The van der Waals surface area contributed by atoms with Gasteiger partial charge in [-0.15, -0.1) is 20.4 Å². The summed E-state index contributed by atoms with van der Waals surface area (Å²) in [6.45, 7) is 4.68. The first-order valence-electron chi connectivity index (χ1n) is 8.33. The number of rotatable bonds is 7. The third kappa shape index (κ3) is 5.79. The van der Waals surface area contributed by atoms with Crippen LogP contribution in [0, 0.1) is 12.8 Å². The van der Waals surface area contributed by atoms with E-state index in [0.29, 0.717) is 35.1 Å². The van der Waals surface area contributed by atoms with Crippen molar-refractivity contribution in [2.45, 2.75) is 33.4 Å². The number of anilines is 1. The summed E-state index contributed by atoms with van der Waals surface area (Å²) in [4.78, 5) is 34.3. The van der Waals surface area contributed by atoms with Gasteiger partial charge in [-0.25, -0.2) is 0 Å². The van der Waals surface area contributed by atoms with Crippen molar-refractivity contribution >= 4 is 34.8 Å². The van der Waals surface area contributed by atoms with Crippen molar-refractivity contribution in [2.24, 2.45) is 5.92 Å². The third-order valence-electron chi connectivity index (χ3n) is 3.59. The van der Waals surface area contributed by atoms with Crippen LogP contribution in [0.4, 0.5) is 5.13 Å². The zero-order chi connectivity index (χ0) is 20.5. The fourth-order valence-electron chi connectivity index (χ4n) is 2.39. The minimum atomic E-state index is -0.448. The molecule has 28 heavy (non-hydrogen) atoms. The lowest BCUT2D eigenvalue weighted by molar-refractivity contribution is -0.126. The summed E-state index contributed by atoms with van der Waals surface area (Å²) in [6, 6.07) is 0. The van der Waals surface area contributed by atoms with Gasteiger partial charge in [0.25, 0.3) is 6.47 Å². The Balaban J connectivity index is 0.000000878. The topological polar surface area (TPSA) is 161 Å². The first kappa shape index (κ1) is 21.4. The van der Waals surface area contributed by atoms with Crippen molar-refractivity contribution in [2.75, 3.05) is 18.1 Å². The van der Waals surface area contributed by atoms with Gasteiger partial charge in [-0.2, -0.15) is 0 Å². The molecule has 1 aliphatic rings. The zero-order valence-electron chi connectivity index (χ0n) is 15.3. The Hall–Kier alpha value is -2.93. The predicted molar refractivity (Wildman–Crippen MR) is 95.3 cm³/mol. The van der Waals surface area contributed by atoms with Crippen LogP contribution >= 0.6 is 11.3 Å². The minimum absolute atomic E-state index is 0.134. The summed E-state index contributed by atoms with van der Waals surface area (Å²) in [7, 11) is 0. The molecule has 0 radical (unpaired) electrons. The number of nitrogens with one attached hydrogen (secondary N) is 1.